The summed E-state index contributed by atoms with van der Waals surface area (Å²) >= 11 is 1.60. The molecule has 1 saturated heterocycles. The normalized spacial score (nSPS) is 18.3. The van der Waals surface area contributed by atoms with E-state index in [-0.39, 0.29) is 0 Å². The van der Waals surface area contributed by atoms with Gasteiger partial charge < -0.3 is 0 Å². The van der Waals surface area contributed by atoms with Gasteiger partial charge in [0, 0.05) is 31.2 Å². The van der Waals surface area contributed by atoms with E-state index in [1.807, 2.05) is 16.3 Å². The molecule has 3 heterocycles. The smallest absolute Gasteiger partial charge is 0.145 e. The van der Waals surface area contributed by atoms with Gasteiger partial charge in [0.25, 0.3) is 0 Å². The van der Waals surface area contributed by atoms with E-state index in [2.05, 4.69) is 51.4 Å². The summed E-state index contributed by atoms with van der Waals surface area (Å²) in [6.45, 7) is 6.46. The fraction of sp³-hybridized carbons (Fsp3) is 0.389. The molecule has 6 heteroatoms. The summed E-state index contributed by atoms with van der Waals surface area (Å²) in [4.78, 5) is 6.84. The zero-order valence-corrected chi connectivity index (χ0v) is 14.6. The van der Waals surface area contributed by atoms with E-state index in [1.54, 1.807) is 17.5 Å². The Bertz CT molecular complexity index is 795. The quantitative estimate of drug-likeness (QED) is 0.716. The highest BCUT2D eigenvalue weighted by Gasteiger charge is 2.23. The maximum absolute atomic E-state index is 4.29. The van der Waals surface area contributed by atoms with E-state index in [4.69, 9.17) is 0 Å². The highest BCUT2D eigenvalue weighted by atomic mass is 32.1. The van der Waals surface area contributed by atoms with E-state index >= 15 is 0 Å². The molecular formula is C18H21N5S. The Kier molecular flexibility index (Phi) is 4.40. The highest BCUT2D eigenvalue weighted by Crippen LogP contribution is 2.23. The number of rotatable bonds is 5. The Hall–Kier alpha value is -2.05. The summed E-state index contributed by atoms with van der Waals surface area (Å²) in [7, 11) is 0. The fourth-order valence-electron chi connectivity index (χ4n) is 3.33. The summed E-state index contributed by atoms with van der Waals surface area (Å²) in [5, 5.41) is 11.4. The van der Waals surface area contributed by atoms with E-state index < -0.39 is 0 Å². The summed E-state index contributed by atoms with van der Waals surface area (Å²) in [6, 6.07) is 8.67. The van der Waals surface area contributed by atoms with E-state index in [0.29, 0.717) is 5.92 Å². The third-order valence-corrected chi connectivity index (χ3v) is 5.46. The molecule has 1 aliphatic heterocycles. The van der Waals surface area contributed by atoms with Gasteiger partial charge in [0.15, 0.2) is 0 Å². The van der Waals surface area contributed by atoms with Gasteiger partial charge in [-0.3, -0.25) is 9.58 Å². The lowest BCUT2D eigenvalue weighted by Gasteiger charge is -2.17. The molecule has 1 aliphatic rings. The topological polar surface area (TPSA) is 46.8 Å². The third kappa shape index (κ3) is 3.39. The standard InChI is InChI=1S/C18H21N5S/c1-14-4-2-3-5-16(14)12-22-8-6-15(10-22)11-23-13-17(20-21-23)18-19-7-9-24-18/h2-5,7,9,13,15H,6,8,10-12H2,1H3/t15-/m0/s1. The van der Waals surface area contributed by atoms with Crippen LogP contribution in [0.4, 0.5) is 0 Å². The Morgan fingerprint density at radius 2 is 2.21 bits per heavy atom. The number of nitrogens with zero attached hydrogens (tertiary/aromatic N) is 5. The second-order valence-electron chi connectivity index (χ2n) is 6.48. The summed E-state index contributed by atoms with van der Waals surface area (Å²) < 4.78 is 1.97. The first-order valence-corrected chi connectivity index (χ1v) is 9.23. The molecule has 1 aromatic carbocycles. The van der Waals surface area contributed by atoms with Crippen LogP contribution in [0.25, 0.3) is 10.7 Å². The molecule has 0 aliphatic carbocycles. The summed E-state index contributed by atoms with van der Waals surface area (Å²) in [6.07, 6.45) is 5.04. The lowest BCUT2D eigenvalue weighted by atomic mass is 10.1. The van der Waals surface area contributed by atoms with Gasteiger partial charge in [-0.2, -0.15) is 0 Å². The largest absolute Gasteiger partial charge is 0.299 e. The number of benzene rings is 1. The van der Waals surface area contributed by atoms with Gasteiger partial charge >= 0.3 is 0 Å². The predicted octanol–water partition coefficient (Wildman–Crippen LogP) is 3.23. The maximum Gasteiger partial charge on any atom is 0.145 e. The number of hydrogen-bond donors (Lipinski definition) is 0. The van der Waals surface area contributed by atoms with Gasteiger partial charge in [-0.15, -0.1) is 16.4 Å². The first-order valence-electron chi connectivity index (χ1n) is 8.35. The van der Waals surface area contributed by atoms with Crippen molar-refractivity contribution in [3.05, 3.63) is 53.2 Å². The molecule has 124 valence electrons. The maximum atomic E-state index is 4.29. The van der Waals surface area contributed by atoms with Crippen LogP contribution in [0.5, 0.6) is 0 Å². The Morgan fingerprint density at radius 3 is 3.04 bits per heavy atom. The minimum Gasteiger partial charge on any atom is -0.299 e. The van der Waals surface area contributed by atoms with Crippen molar-refractivity contribution in [2.24, 2.45) is 5.92 Å². The first-order chi connectivity index (χ1) is 11.8. The molecule has 1 atom stereocenters. The Balaban J connectivity index is 1.35. The van der Waals surface area contributed by atoms with Crippen LogP contribution in [0.1, 0.15) is 17.5 Å². The van der Waals surface area contributed by atoms with Crippen LogP contribution in [0.2, 0.25) is 0 Å². The average molecular weight is 339 g/mol. The zero-order chi connectivity index (χ0) is 16.4. The van der Waals surface area contributed by atoms with E-state index in [0.717, 1.165) is 36.9 Å². The molecule has 4 rings (SSSR count). The van der Waals surface area contributed by atoms with Crippen LogP contribution in [-0.2, 0) is 13.1 Å². The van der Waals surface area contributed by atoms with Crippen LogP contribution in [0.15, 0.2) is 42.0 Å². The highest BCUT2D eigenvalue weighted by molar-refractivity contribution is 7.13. The predicted molar refractivity (Wildman–Crippen MR) is 95.7 cm³/mol. The minimum absolute atomic E-state index is 0.639. The minimum atomic E-state index is 0.639. The zero-order valence-electron chi connectivity index (χ0n) is 13.8. The summed E-state index contributed by atoms with van der Waals surface area (Å²) in [5.41, 5.74) is 3.69. The van der Waals surface area contributed by atoms with Crippen molar-refractivity contribution < 1.29 is 0 Å². The molecule has 0 N–H and O–H groups in total. The lowest BCUT2D eigenvalue weighted by molar-refractivity contribution is 0.305. The molecule has 0 spiro atoms. The van der Waals surface area contributed by atoms with Crippen molar-refractivity contribution >= 4 is 11.3 Å². The van der Waals surface area contributed by atoms with Gasteiger partial charge in [0.1, 0.15) is 10.7 Å². The molecule has 5 nitrogen and oxygen atoms in total. The number of hydrogen-bond acceptors (Lipinski definition) is 5. The molecule has 0 unspecified atom stereocenters. The van der Waals surface area contributed by atoms with Crippen LogP contribution in [-0.4, -0.2) is 38.0 Å². The molecular weight excluding hydrogens is 318 g/mol. The fourth-order valence-corrected chi connectivity index (χ4v) is 3.92. The number of aryl methyl sites for hydroxylation is 1. The molecule has 0 radical (unpaired) electrons. The van der Waals surface area contributed by atoms with Crippen molar-refractivity contribution in [3.8, 4) is 10.7 Å². The first kappa shape index (κ1) is 15.5. The van der Waals surface area contributed by atoms with Gasteiger partial charge in [0.05, 0.1) is 6.20 Å². The van der Waals surface area contributed by atoms with Crippen molar-refractivity contribution in [2.75, 3.05) is 13.1 Å². The molecule has 0 saturated carbocycles. The SMILES string of the molecule is Cc1ccccc1CN1CC[C@H](Cn2cc(-c3nccs3)nn2)C1. The second-order valence-corrected chi connectivity index (χ2v) is 7.37. The lowest BCUT2D eigenvalue weighted by Crippen LogP contribution is -2.22. The average Bonchev–Trinajstić information content (AvgIpc) is 3.32. The van der Waals surface area contributed by atoms with Crippen molar-refractivity contribution in [2.45, 2.75) is 26.4 Å². The number of aromatic nitrogens is 4. The summed E-state index contributed by atoms with van der Waals surface area (Å²) in [5.74, 6) is 0.639. The number of thiazole rings is 1. The molecule has 1 fully saturated rings. The molecule has 24 heavy (non-hydrogen) atoms. The van der Waals surface area contributed by atoms with Crippen LogP contribution >= 0.6 is 11.3 Å². The Labute approximate surface area is 146 Å². The number of likely N-dealkylation sites (tertiary alicyclic amines) is 1. The van der Waals surface area contributed by atoms with Crippen LogP contribution in [0, 0.1) is 12.8 Å². The van der Waals surface area contributed by atoms with Gasteiger partial charge in [-0.05, 0) is 36.9 Å². The van der Waals surface area contributed by atoms with Crippen molar-refractivity contribution in [1.82, 2.24) is 24.9 Å². The molecule has 2 aromatic heterocycles. The Morgan fingerprint density at radius 1 is 1.29 bits per heavy atom. The van der Waals surface area contributed by atoms with Crippen LogP contribution < -0.4 is 0 Å². The molecule has 0 bridgehead atoms. The molecule has 0 amide bonds. The van der Waals surface area contributed by atoms with Crippen molar-refractivity contribution in [1.29, 1.82) is 0 Å². The van der Waals surface area contributed by atoms with E-state index in [9.17, 15) is 0 Å². The van der Waals surface area contributed by atoms with Crippen LogP contribution in [0.3, 0.4) is 0 Å². The second kappa shape index (κ2) is 6.83. The molecule has 3 aromatic rings. The van der Waals surface area contributed by atoms with Gasteiger partial charge in [-0.1, -0.05) is 29.5 Å². The third-order valence-electron chi connectivity index (χ3n) is 4.66. The monoisotopic (exact) mass is 339 g/mol. The van der Waals surface area contributed by atoms with Crippen molar-refractivity contribution in [3.63, 3.8) is 0 Å². The van der Waals surface area contributed by atoms with E-state index in [1.165, 1.54) is 17.5 Å². The van der Waals surface area contributed by atoms with Gasteiger partial charge in [-0.25, -0.2) is 4.98 Å². The van der Waals surface area contributed by atoms with Gasteiger partial charge in [0.2, 0.25) is 0 Å².